The van der Waals surface area contributed by atoms with E-state index in [1.165, 1.54) is 23.1 Å². The van der Waals surface area contributed by atoms with Crippen LogP contribution in [0.5, 0.6) is 0 Å². The zero-order valence-electron chi connectivity index (χ0n) is 10.8. The molecule has 1 nitrogen and oxygen atoms in total. The minimum Gasteiger partial charge on any atom is -0.317 e. The van der Waals surface area contributed by atoms with Gasteiger partial charge in [0.2, 0.25) is 0 Å². The molecular formula is C17H19N. The molecule has 0 aromatic heterocycles. The van der Waals surface area contributed by atoms with E-state index in [4.69, 9.17) is 0 Å². The van der Waals surface area contributed by atoms with Crippen molar-refractivity contribution in [3.63, 3.8) is 0 Å². The lowest BCUT2D eigenvalue weighted by molar-refractivity contribution is 0.465. The predicted molar refractivity (Wildman–Crippen MR) is 75.9 cm³/mol. The lowest BCUT2D eigenvalue weighted by Crippen LogP contribution is -2.33. The molecule has 0 bridgehead atoms. The minimum atomic E-state index is 0.536. The number of likely N-dealkylation sites (N-methyl/N-ethyl adjacent to an activating group) is 1. The molecule has 1 aliphatic rings. The van der Waals surface area contributed by atoms with Gasteiger partial charge in [-0.25, -0.2) is 0 Å². The third-order valence-electron chi connectivity index (χ3n) is 4.03. The predicted octanol–water partition coefficient (Wildman–Crippen LogP) is 3.35. The molecule has 0 fully saturated rings. The van der Waals surface area contributed by atoms with Crippen molar-refractivity contribution >= 4 is 0 Å². The summed E-state index contributed by atoms with van der Waals surface area (Å²) in [6.45, 7) is 0. The summed E-state index contributed by atoms with van der Waals surface area (Å²) in [4.78, 5) is 0. The molecule has 1 heteroatoms. The van der Waals surface area contributed by atoms with Crippen molar-refractivity contribution in [2.24, 2.45) is 0 Å². The van der Waals surface area contributed by atoms with Crippen LogP contribution >= 0.6 is 0 Å². The van der Waals surface area contributed by atoms with Gasteiger partial charge in [0.25, 0.3) is 0 Å². The lowest BCUT2D eigenvalue weighted by Gasteiger charge is -2.31. The summed E-state index contributed by atoms with van der Waals surface area (Å²) in [7, 11) is 2.07. The monoisotopic (exact) mass is 237 g/mol. The number of hydrogen-bond acceptors (Lipinski definition) is 1. The van der Waals surface area contributed by atoms with Crippen LogP contribution in [0.3, 0.4) is 0 Å². The van der Waals surface area contributed by atoms with Crippen LogP contribution in [0.4, 0.5) is 0 Å². The summed E-state index contributed by atoms with van der Waals surface area (Å²) in [5.41, 5.74) is 4.44. The number of nitrogens with one attached hydrogen (secondary N) is 1. The molecule has 1 N–H and O–H groups in total. The van der Waals surface area contributed by atoms with Gasteiger partial charge in [0.1, 0.15) is 0 Å². The standard InChI is InChI=1S/C17H19N/c1-18-15-11-14-9-5-6-10-16(14)17(12-15)13-7-3-2-4-8-13/h2-10,15,17-18H,11-12H2,1H3. The van der Waals surface area contributed by atoms with Crippen molar-refractivity contribution in [2.75, 3.05) is 7.05 Å². The summed E-state index contributed by atoms with van der Waals surface area (Å²) >= 11 is 0. The minimum absolute atomic E-state index is 0.536. The van der Waals surface area contributed by atoms with Gasteiger partial charge in [-0.05, 0) is 36.6 Å². The molecule has 18 heavy (non-hydrogen) atoms. The Labute approximate surface area is 109 Å². The van der Waals surface area contributed by atoms with Crippen LogP contribution in [0, 0.1) is 0 Å². The topological polar surface area (TPSA) is 12.0 Å². The molecule has 3 rings (SSSR count). The van der Waals surface area contributed by atoms with Crippen LogP contribution < -0.4 is 5.32 Å². The van der Waals surface area contributed by atoms with Crippen LogP contribution in [0.2, 0.25) is 0 Å². The number of fused-ring (bicyclic) bond motifs is 1. The van der Waals surface area contributed by atoms with Gasteiger partial charge in [-0.1, -0.05) is 54.6 Å². The largest absolute Gasteiger partial charge is 0.317 e. The number of hydrogen-bond donors (Lipinski definition) is 1. The van der Waals surface area contributed by atoms with Gasteiger partial charge in [0, 0.05) is 12.0 Å². The van der Waals surface area contributed by atoms with E-state index in [-0.39, 0.29) is 0 Å². The normalized spacial score (nSPS) is 22.5. The second kappa shape index (κ2) is 4.95. The Morgan fingerprint density at radius 1 is 0.944 bits per heavy atom. The molecule has 0 spiro atoms. The van der Waals surface area contributed by atoms with Crippen LogP contribution in [-0.4, -0.2) is 13.1 Å². The Kier molecular flexibility index (Phi) is 3.16. The Balaban J connectivity index is 2.04. The van der Waals surface area contributed by atoms with Gasteiger partial charge in [0.15, 0.2) is 0 Å². The smallest absolute Gasteiger partial charge is 0.0114 e. The van der Waals surface area contributed by atoms with Crippen molar-refractivity contribution < 1.29 is 0 Å². The molecule has 1 aliphatic carbocycles. The van der Waals surface area contributed by atoms with Crippen molar-refractivity contribution in [2.45, 2.75) is 24.8 Å². The van der Waals surface area contributed by atoms with Gasteiger partial charge in [-0.2, -0.15) is 0 Å². The van der Waals surface area contributed by atoms with Crippen molar-refractivity contribution in [1.29, 1.82) is 0 Å². The second-order valence-corrected chi connectivity index (χ2v) is 5.09. The molecule has 0 saturated carbocycles. The van der Waals surface area contributed by atoms with Crippen LogP contribution in [-0.2, 0) is 6.42 Å². The van der Waals surface area contributed by atoms with Crippen molar-refractivity contribution in [1.82, 2.24) is 5.32 Å². The van der Waals surface area contributed by atoms with Gasteiger partial charge in [0.05, 0.1) is 0 Å². The molecule has 0 radical (unpaired) electrons. The first-order chi connectivity index (χ1) is 8.88. The maximum atomic E-state index is 3.44. The maximum absolute atomic E-state index is 3.44. The zero-order valence-corrected chi connectivity index (χ0v) is 10.8. The lowest BCUT2D eigenvalue weighted by atomic mass is 9.77. The Morgan fingerprint density at radius 3 is 2.44 bits per heavy atom. The molecule has 2 unspecified atom stereocenters. The highest BCUT2D eigenvalue weighted by molar-refractivity contribution is 5.40. The molecule has 0 heterocycles. The van der Waals surface area contributed by atoms with E-state index in [1.54, 1.807) is 0 Å². The number of rotatable bonds is 2. The van der Waals surface area contributed by atoms with Gasteiger partial charge in [-0.15, -0.1) is 0 Å². The van der Waals surface area contributed by atoms with Gasteiger partial charge in [-0.3, -0.25) is 0 Å². The average molecular weight is 237 g/mol. The van der Waals surface area contributed by atoms with Gasteiger partial charge >= 0.3 is 0 Å². The highest BCUT2D eigenvalue weighted by atomic mass is 14.9. The van der Waals surface area contributed by atoms with E-state index in [0.29, 0.717) is 12.0 Å². The van der Waals surface area contributed by atoms with E-state index in [2.05, 4.69) is 67.0 Å². The van der Waals surface area contributed by atoms with Crippen LogP contribution in [0.1, 0.15) is 29.0 Å². The Morgan fingerprint density at radius 2 is 1.67 bits per heavy atom. The highest BCUT2D eigenvalue weighted by Gasteiger charge is 2.26. The first-order valence-electron chi connectivity index (χ1n) is 6.68. The Hall–Kier alpha value is -1.60. The van der Waals surface area contributed by atoms with Crippen molar-refractivity contribution in [3.8, 4) is 0 Å². The first-order valence-corrected chi connectivity index (χ1v) is 6.68. The molecule has 2 aromatic rings. The summed E-state index contributed by atoms with van der Waals surface area (Å²) in [6.07, 6.45) is 2.34. The van der Waals surface area contributed by atoms with Crippen LogP contribution in [0.25, 0.3) is 0 Å². The second-order valence-electron chi connectivity index (χ2n) is 5.09. The Bertz CT molecular complexity index is 518. The van der Waals surface area contributed by atoms with Gasteiger partial charge < -0.3 is 5.32 Å². The van der Waals surface area contributed by atoms with Crippen molar-refractivity contribution in [3.05, 3.63) is 71.3 Å². The molecule has 0 aliphatic heterocycles. The zero-order chi connectivity index (χ0) is 12.4. The van der Waals surface area contributed by atoms with E-state index in [1.807, 2.05) is 0 Å². The van der Waals surface area contributed by atoms with E-state index in [9.17, 15) is 0 Å². The van der Waals surface area contributed by atoms with E-state index >= 15 is 0 Å². The van der Waals surface area contributed by atoms with E-state index < -0.39 is 0 Å². The SMILES string of the molecule is CNC1Cc2ccccc2C(c2ccccc2)C1. The summed E-state index contributed by atoms with van der Waals surface area (Å²) in [6, 6.07) is 20.3. The highest BCUT2D eigenvalue weighted by Crippen LogP contribution is 2.36. The fourth-order valence-corrected chi connectivity index (χ4v) is 3.04. The first kappa shape index (κ1) is 11.5. The molecule has 2 atom stereocenters. The maximum Gasteiger partial charge on any atom is 0.0114 e. The molecule has 2 aromatic carbocycles. The fraction of sp³-hybridized carbons (Fsp3) is 0.294. The summed E-state index contributed by atoms with van der Waals surface area (Å²) < 4.78 is 0. The van der Waals surface area contributed by atoms with Crippen LogP contribution in [0.15, 0.2) is 54.6 Å². The molecule has 0 amide bonds. The summed E-state index contributed by atoms with van der Waals surface area (Å²) in [5, 5.41) is 3.44. The number of benzene rings is 2. The third kappa shape index (κ3) is 2.06. The quantitative estimate of drug-likeness (QED) is 0.844. The summed E-state index contributed by atoms with van der Waals surface area (Å²) in [5.74, 6) is 0.536. The molecule has 0 saturated heterocycles. The average Bonchev–Trinajstić information content (AvgIpc) is 2.47. The third-order valence-corrected chi connectivity index (χ3v) is 4.03. The van der Waals surface area contributed by atoms with E-state index in [0.717, 1.165) is 6.42 Å². The molecule has 92 valence electrons. The molecular weight excluding hydrogens is 218 g/mol. The fourth-order valence-electron chi connectivity index (χ4n) is 3.04.